The Hall–Kier alpha value is -6.06. The van der Waals surface area contributed by atoms with Crippen molar-refractivity contribution in [2.45, 2.75) is 0 Å². The van der Waals surface area contributed by atoms with Crippen molar-refractivity contribution in [2.24, 2.45) is 0 Å². The molecule has 0 saturated heterocycles. The standard InChI is InChI=1S/C42H28N2O/c1-28-23-24-35-34-20-9-11-22-41(34)45-42(35)44(31-16-6-3-7-17-31)39-27-40-37(26-36(28)39)33-19-8-10-21-38(33)43(40)32-18-12-15-30(25-32)29-13-4-2-5-14-29/h2-27H,1H2/b24-23-. The number of hydrogen-bond donors (Lipinski definition) is 0. The average Bonchev–Trinajstić information content (AvgIpc) is 3.62. The van der Waals surface area contributed by atoms with Crippen molar-refractivity contribution in [3.63, 3.8) is 0 Å². The monoisotopic (exact) mass is 576 g/mol. The zero-order chi connectivity index (χ0) is 29.9. The highest BCUT2D eigenvalue weighted by Gasteiger charge is 2.27. The minimum absolute atomic E-state index is 0.792. The predicted molar refractivity (Wildman–Crippen MR) is 189 cm³/mol. The number of furan rings is 1. The molecule has 0 N–H and O–H groups in total. The van der Waals surface area contributed by atoms with Gasteiger partial charge in [0.25, 0.3) is 0 Å². The maximum Gasteiger partial charge on any atom is 0.213 e. The topological polar surface area (TPSA) is 21.3 Å². The van der Waals surface area contributed by atoms with E-state index in [-0.39, 0.29) is 0 Å². The van der Waals surface area contributed by atoms with Crippen LogP contribution in [0.25, 0.3) is 61.2 Å². The lowest BCUT2D eigenvalue weighted by molar-refractivity contribution is 0.620. The van der Waals surface area contributed by atoms with Crippen molar-refractivity contribution in [3.8, 4) is 16.8 Å². The molecule has 0 fully saturated rings. The third-order valence-corrected chi connectivity index (χ3v) is 8.87. The van der Waals surface area contributed by atoms with Crippen LogP contribution in [0.1, 0.15) is 11.1 Å². The van der Waals surface area contributed by atoms with Crippen LogP contribution in [0.15, 0.2) is 163 Å². The van der Waals surface area contributed by atoms with Gasteiger partial charge in [0.2, 0.25) is 5.88 Å². The van der Waals surface area contributed by atoms with Gasteiger partial charge in [0.15, 0.2) is 0 Å². The average molecular weight is 577 g/mol. The van der Waals surface area contributed by atoms with Crippen molar-refractivity contribution in [1.82, 2.24) is 4.57 Å². The van der Waals surface area contributed by atoms with Gasteiger partial charge in [-0.05, 0) is 71.3 Å². The number of aromatic nitrogens is 1. The maximum absolute atomic E-state index is 6.67. The second-order valence-corrected chi connectivity index (χ2v) is 11.5. The zero-order valence-corrected chi connectivity index (χ0v) is 24.5. The highest BCUT2D eigenvalue weighted by molar-refractivity contribution is 6.13. The van der Waals surface area contributed by atoms with Gasteiger partial charge in [-0.3, -0.25) is 4.90 Å². The van der Waals surface area contributed by atoms with Gasteiger partial charge in [-0.2, -0.15) is 0 Å². The highest BCUT2D eigenvalue weighted by Crippen LogP contribution is 2.48. The number of fused-ring (bicyclic) bond motifs is 7. The number of hydrogen-bond acceptors (Lipinski definition) is 2. The molecule has 0 bridgehead atoms. The van der Waals surface area contributed by atoms with Gasteiger partial charge in [-0.1, -0.05) is 110 Å². The molecule has 0 amide bonds. The number of para-hydroxylation sites is 3. The van der Waals surface area contributed by atoms with Crippen LogP contribution in [-0.4, -0.2) is 4.57 Å². The molecule has 1 aliphatic rings. The van der Waals surface area contributed by atoms with E-state index in [1.165, 1.54) is 21.9 Å². The first kappa shape index (κ1) is 25.4. The first-order valence-corrected chi connectivity index (χ1v) is 15.2. The first-order chi connectivity index (χ1) is 22.2. The molecule has 0 spiro atoms. The van der Waals surface area contributed by atoms with E-state index in [4.69, 9.17) is 4.42 Å². The molecule has 0 unspecified atom stereocenters. The largest absolute Gasteiger partial charge is 0.439 e. The van der Waals surface area contributed by atoms with Crippen LogP contribution in [-0.2, 0) is 0 Å². The van der Waals surface area contributed by atoms with Crippen LogP contribution >= 0.6 is 0 Å². The van der Waals surface area contributed by atoms with E-state index >= 15 is 0 Å². The van der Waals surface area contributed by atoms with E-state index in [9.17, 15) is 0 Å². The van der Waals surface area contributed by atoms with Gasteiger partial charge >= 0.3 is 0 Å². The maximum atomic E-state index is 6.67. The molecule has 0 atom stereocenters. The number of allylic oxidation sites excluding steroid dienone is 2. The summed E-state index contributed by atoms with van der Waals surface area (Å²) in [5.41, 5.74) is 11.7. The molecule has 8 aromatic rings. The lowest BCUT2D eigenvalue weighted by Gasteiger charge is -2.28. The van der Waals surface area contributed by atoms with Gasteiger partial charge in [0.05, 0.1) is 16.7 Å². The summed E-state index contributed by atoms with van der Waals surface area (Å²) in [6.45, 7) is 4.57. The first-order valence-electron chi connectivity index (χ1n) is 15.2. The molecule has 3 nitrogen and oxygen atoms in total. The quantitative estimate of drug-likeness (QED) is 0.209. The Morgan fingerprint density at radius 2 is 1.20 bits per heavy atom. The minimum Gasteiger partial charge on any atom is -0.439 e. The Bertz CT molecular complexity index is 2440. The van der Waals surface area contributed by atoms with Crippen molar-refractivity contribution in [2.75, 3.05) is 4.90 Å². The number of anilines is 3. The third-order valence-electron chi connectivity index (χ3n) is 8.87. The second kappa shape index (κ2) is 10.0. The summed E-state index contributed by atoms with van der Waals surface area (Å²) >= 11 is 0. The third kappa shape index (κ3) is 3.98. The van der Waals surface area contributed by atoms with Gasteiger partial charge in [-0.25, -0.2) is 0 Å². The highest BCUT2D eigenvalue weighted by atomic mass is 16.4. The molecular formula is C42H28N2O. The number of benzene rings is 6. The van der Waals surface area contributed by atoms with Crippen LogP contribution in [0.4, 0.5) is 17.3 Å². The molecule has 3 heterocycles. The lowest BCUT2D eigenvalue weighted by atomic mass is 9.97. The summed E-state index contributed by atoms with van der Waals surface area (Å²) in [4.78, 5) is 2.25. The Labute approximate surface area is 261 Å². The summed E-state index contributed by atoms with van der Waals surface area (Å²) in [7, 11) is 0. The van der Waals surface area contributed by atoms with E-state index < -0.39 is 0 Å². The lowest BCUT2D eigenvalue weighted by Crippen LogP contribution is -2.13. The Balaban J connectivity index is 1.37. The molecule has 6 aromatic carbocycles. The minimum atomic E-state index is 0.792. The molecule has 1 aliphatic heterocycles. The van der Waals surface area contributed by atoms with Gasteiger partial charge in [0, 0.05) is 38.7 Å². The van der Waals surface area contributed by atoms with Crippen molar-refractivity contribution >= 4 is 61.7 Å². The summed E-state index contributed by atoms with van der Waals surface area (Å²) in [5.74, 6) is 0.792. The van der Waals surface area contributed by atoms with E-state index in [1.54, 1.807) is 0 Å². The molecule has 3 heteroatoms. The van der Waals surface area contributed by atoms with E-state index in [0.717, 1.165) is 61.6 Å². The van der Waals surface area contributed by atoms with Gasteiger partial charge in [-0.15, -0.1) is 0 Å². The molecular weight excluding hydrogens is 548 g/mol. The van der Waals surface area contributed by atoms with Crippen LogP contribution in [0, 0.1) is 0 Å². The summed E-state index contributed by atoms with van der Waals surface area (Å²) in [6, 6.07) is 51.4. The smallest absolute Gasteiger partial charge is 0.213 e. The van der Waals surface area contributed by atoms with Crippen LogP contribution in [0.2, 0.25) is 0 Å². The molecule has 45 heavy (non-hydrogen) atoms. The van der Waals surface area contributed by atoms with Gasteiger partial charge < -0.3 is 8.98 Å². The summed E-state index contributed by atoms with van der Waals surface area (Å²) < 4.78 is 9.06. The molecule has 0 radical (unpaired) electrons. The molecule has 9 rings (SSSR count). The summed E-state index contributed by atoms with van der Waals surface area (Å²) in [5, 5.41) is 3.46. The Morgan fingerprint density at radius 3 is 2.04 bits per heavy atom. The molecule has 0 aliphatic carbocycles. The Morgan fingerprint density at radius 1 is 0.511 bits per heavy atom. The van der Waals surface area contributed by atoms with Crippen LogP contribution < -0.4 is 4.90 Å². The second-order valence-electron chi connectivity index (χ2n) is 11.5. The predicted octanol–water partition coefficient (Wildman–Crippen LogP) is 11.7. The number of nitrogens with zero attached hydrogens (tertiary/aromatic N) is 2. The van der Waals surface area contributed by atoms with Crippen LogP contribution in [0.3, 0.4) is 0 Å². The fourth-order valence-electron chi connectivity index (χ4n) is 6.78. The SMILES string of the molecule is C=C1/C=C\c2c(oc3ccccc23)N(c2ccccc2)c2cc3c(cc21)c1ccccc1n3-c1cccc(-c2ccccc2)c1. The van der Waals surface area contributed by atoms with Crippen molar-refractivity contribution in [1.29, 1.82) is 0 Å². The van der Waals surface area contributed by atoms with Crippen LogP contribution in [0.5, 0.6) is 0 Å². The molecule has 0 saturated carbocycles. The van der Waals surface area contributed by atoms with Gasteiger partial charge in [0.1, 0.15) is 5.58 Å². The molecule has 2 aromatic heterocycles. The fraction of sp³-hybridized carbons (Fsp3) is 0. The number of rotatable bonds is 3. The van der Waals surface area contributed by atoms with E-state index in [1.807, 2.05) is 18.2 Å². The van der Waals surface area contributed by atoms with Crippen molar-refractivity contribution < 1.29 is 4.42 Å². The zero-order valence-electron chi connectivity index (χ0n) is 24.5. The van der Waals surface area contributed by atoms with E-state index in [2.05, 4.69) is 156 Å². The van der Waals surface area contributed by atoms with E-state index in [0.29, 0.717) is 0 Å². The molecule has 212 valence electrons. The normalized spacial score (nSPS) is 13.5. The van der Waals surface area contributed by atoms with Crippen molar-refractivity contribution in [3.05, 3.63) is 169 Å². The Kier molecular flexibility index (Phi) is 5.66. The fourth-order valence-corrected chi connectivity index (χ4v) is 6.78. The summed E-state index contributed by atoms with van der Waals surface area (Å²) in [6.07, 6.45) is 4.27.